The fourth-order valence-electron chi connectivity index (χ4n) is 1.17. The zero-order valence-electron chi connectivity index (χ0n) is 8.40. The van der Waals surface area contributed by atoms with Gasteiger partial charge < -0.3 is 4.74 Å². The van der Waals surface area contributed by atoms with E-state index in [0.29, 0.717) is 0 Å². The van der Waals surface area contributed by atoms with Crippen molar-refractivity contribution < 1.29 is 18.8 Å². The van der Waals surface area contributed by atoms with E-state index in [4.69, 9.17) is 0 Å². The van der Waals surface area contributed by atoms with Crippen LogP contribution in [0.2, 0.25) is 0 Å². The van der Waals surface area contributed by atoms with Gasteiger partial charge in [0.05, 0.1) is 17.6 Å². The van der Waals surface area contributed by atoms with Crippen LogP contribution in [0.25, 0.3) is 6.08 Å². The minimum Gasteiger partial charge on any atom is -0.465 e. The Morgan fingerprint density at radius 2 is 2.25 bits per heavy atom. The lowest BCUT2D eigenvalue weighted by Crippen LogP contribution is -2.06. The van der Waals surface area contributed by atoms with E-state index in [9.17, 15) is 19.3 Å². The average molecular weight is 225 g/mol. The molecule has 0 atom stereocenters. The second-order valence-corrected chi connectivity index (χ2v) is 2.84. The van der Waals surface area contributed by atoms with Gasteiger partial charge in [0, 0.05) is 6.07 Å². The highest BCUT2D eigenvalue weighted by Crippen LogP contribution is 2.24. The lowest BCUT2D eigenvalue weighted by molar-refractivity contribution is -0.385. The molecule has 0 aliphatic rings. The standard InChI is InChI=1S/C10H8FNO4/c1-3-6-4-8(11)7(10(13)16-2)5-9(6)12(14)15/h3-5H,1H2,2H3. The van der Waals surface area contributed by atoms with Crippen LogP contribution in [-0.4, -0.2) is 18.0 Å². The number of rotatable bonds is 3. The fourth-order valence-corrected chi connectivity index (χ4v) is 1.17. The molecular weight excluding hydrogens is 217 g/mol. The highest BCUT2D eigenvalue weighted by atomic mass is 19.1. The second kappa shape index (κ2) is 4.52. The molecule has 1 rings (SSSR count). The van der Waals surface area contributed by atoms with Crippen LogP contribution in [-0.2, 0) is 4.74 Å². The number of benzene rings is 1. The third kappa shape index (κ3) is 2.05. The van der Waals surface area contributed by atoms with Gasteiger partial charge in [-0.05, 0) is 6.07 Å². The molecule has 0 bridgehead atoms. The van der Waals surface area contributed by atoms with Crippen LogP contribution < -0.4 is 0 Å². The van der Waals surface area contributed by atoms with Crippen LogP contribution in [0, 0.1) is 15.9 Å². The predicted molar refractivity (Wildman–Crippen MR) is 54.5 cm³/mol. The minimum absolute atomic E-state index is 0.00940. The maximum atomic E-state index is 13.3. The van der Waals surface area contributed by atoms with Gasteiger partial charge in [-0.25, -0.2) is 9.18 Å². The van der Waals surface area contributed by atoms with Crippen LogP contribution in [0.4, 0.5) is 10.1 Å². The number of hydrogen-bond acceptors (Lipinski definition) is 4. The summed E-state index contributed by atoms with van der Waals surface area (Å²) < 4.78 is 17.6. The van der Waals surface area contributed by atoms with Gasteiger partial charge in [0.1, 0.15) is 11.4 Å². The van der Waals surface area contributed by atoms with Gasteiger partial charge in [0.25, 0.3) is 5.69 Å². The maximum absolute atomic E-state index is 13.3. The van der Waals surface area contributed by atoms with Gasteiger partial charge in [-0.1, -0.05) is 12.7 Å². The average Bonchev–Trinajstić information content (AvgIpc) is 2.27. The fraction of sp³-hybridized carbons (Fsp3) is 0.100. The molecule has 0 heterocycles. The monoisotopic (exact) mass is 225 g/mol. The molecule has 0 saturated heterocycles. The molecule has 0 spiro atoms. The van der Waals surface area contributed by atoms with E-state index in [1.54, 1.807) is 0 Å². The topological polar surface area (TPSA) is 69.4 Å². The molecule has 16 heavy (non-hydrogen) atoms. The van der Waals surface area contributed by atoms with Gasteiger partial charge in [-0.2, -0.15) is 0 Å². The van der Waals surface area contributed by atoms with E-state index in [2.05, 4.69) is 11.3 Å². The third-order valence-electron chi connectivity index (χ3n) is 1.94. The largest absolute Gasteiger partial charge is 0.465 e. The molecule has 0 radical (unpaired) electrons. The Kier molecular flexibility index (Phi) is 3.34. The van der Waals surface area contributed by atoms with Crippen LogP contribution >= 0.6 is 0 Å². The number of methoxy groups -OCH3 is 1. The molecule has 0 amide bonds. The van der Waals surface area contributed by atoms with E-state index in [0.717, 1.165) is 25.3 Å². The summed E-state index contributed by atoms with van der Waals surface area (Å²) in [6, 6.07) is 1.70. The van der Waals surface area contributed by atoms with E-state index >= 15 is 0 Å². The predicted octanol–water partition coefficient (Wildman–Crippen LogP) is 2.16. The van der Waals surface area contributed by atoms with Crippen molar-refractivity contribution in [2.24, 2.45) is 0 Å². The van der Waals surface area contributed by atoms with Crippen LogP contribution in [0.3, 0.4) is 0 Å². The number of halogens is 1. The maximum Gasteiger partial charge on any atom is 0.341 e. The molecule has 84 valence electrons. The molecule has 0 saturated carbocycles. The Labute approximate surface area is 90.3 Å². The Balaban J connectivity index is 3.44. The molecule has 6 heteroatoms. The number of nitro benzene ring substituents is 1. The van der Waals surface area contributed by atoms with Gasteiger partial charge in [-0.15, -0.1) is 0 Å². The van der Waals surface area contributed by atoms with E-state index in [-0.39, 0.29) is 5.56 Å². The highest BCUT2D eigenvalue weighted by molar-refractivity contribution is 5.91. The van der Waals surface area contributed by atoms with E-state index in [1.165, 1.54) is 0 Å². The van der Waals surface area contributed by atoms with Gasteiger partial charge in [-0.3, -0.25) is 10.1 Å². The third-order valence-corrected chi connectivity index (χ3v) is 1.94. The van der Waals surface area contributed by atoms with Crippen molar-refractivity contribution >= 4 is 17.7 Å². The lowest BCUT2D eigenvalue weighted by Gasteiger charge is -2.03. The molecule has 0 aliphatic heterocycles. The molecule has 0 aromatic heterocycles. The summed E-state index contributed by atoms with van der Waals surface area (Å²) in [7, 11) is 1.06. The van der Waals surface area contributed by atoms with Crippen molar-refractivity contribution in [3.05, 3.63) is 45.8 Å². The summed E-state index contributed by atoms with van der Waals surface area (Å²) in [4.78, 5) is 21.0. The normalized spacial score (nSPS) is 9.62. The molecule has 1 aromatic rings. The van der Waals surface area contributed by atoms with Crippen LogP contribution in [0.15, 0.2) is 18.7 Å². The zero-order valence-corrected chi connectivity index (χ0v) is 8.40. The lowest BCUT2D eigenvalue weighted by atomic mass is 10.1. The van der Waals surface area contributed by atoms with Crippen molar-refractivity contribution in [2.45, 2.75) is 0 Å². The Bertz CT molecular complexity index is 470. The van der Waals surface area contributed by atoms with E-state index in [1.807, 2.05) is 0 Å². The molecule has 0 aliphatic carbocycles. The highest BCUT2D eigenvalue weighted by Gasteiger charge is 2.20. The number of ether oxygens (including phenoxy) is 1. The summed E-state index contributed by atoms with van der Waals surface area (Å²) in [6.07, 6.45) is 1.14. The van der Waals surface area contributed by atoms with Gasteiger partial charge in [0.2, 0.25) is 0 Å². The minimum atomic E-state index is -0.962. The Hall–Kier alpha value is -2.24. The van der Waals surface area contributed by atoms with Gasteiger partial charge in [0.15, 0.2) is 0 Å². The number of esters is 1. The quantitative estimate of drug-likeness (QED) is 0.449. The molecule has 0 N–H and O–H groups in total. The molecule has 0 unspecified atom stereocenters. The number of nitro groups is 1. The summed E-state index contributed by atoms with van der Waals surface area (Å²) in [5.74, 6) is -1.84. The first-order valence-electron chi connectivity index (χ1n) is 4.20. The Morgan fingerprint density at radius 1 is 1.62 bits per heavy atom. The first-order chi connectivity index (χ1) is 7.51. The summed E-state index contributed by atoms with van der Waals surface area (Å²) in [5, 5.41) is 10.6. The Morgan fingerprint density at radius 3 is 2.69 bits per heavy atom. The van der Waals surface area contributed by atoms with Gasteiger partial charge >= 0.3 is 5.97 Å². The van der Waals surface area contributed by atoms with Crippen molar-refractivity contribution in [2.75, 3.05) is 7.11 Å². The summed E-state index contributed by atoms with van der Waals surface area (Å²) in [5.41, 5.74) is -0.855. The first kappa shape index (κ1) is 11.8. The van der Waals surface area contributed by atoms with Crippen molar-refractivity contribution in [1.29, 1.82) is 0 Å². The molecular formula is C10H8FNO4. The van der Waals surface area contributed by atoms with Crippen LogP contribution in [0.1, 0.15) is 15.9 Å². The first-order valence-corrected chi connectivity index (χ1v) is 4.20. The number of hydrogen-bond donors (Lipinski definition) is 0. The van der Waals surface area contributed by atoms with Crippen molar-refractivity contribution in [3.8, 4) is 0 Å². The number of carbonyl (C=O) groups is 1. The number of carbonyl (C=O) groups excluding carboxylic acids is 1. The molecule has 0 fully saturated rings. The van der Waals surface area contributed by atoms with Crippen molar-refractivity contribution in [1.82, 2.24) is 0 Å². The van der Waals surface area contributed by atoms with Crippen molar-refractivity contribution in [3.63, 3.8) is 0 Å². The summed E-state index contributed by atoms with van der Waals surface area (Å²) >= 11 is 0. The molecule has 1 aromatic carbocycles. The smallest absolute Gasteiger partial charge is 0.341 e. The van der Waals surface area contributed by atoms with E-state index < -0.39 is 28.0 Å². The van der Waals surface area contributed by atoms with Crippen LogP contribution in [0.5, 0.6) is 0 Å². The zero-order chi connectivity index (χ0) is 12.3. The SMILES string of the molecule is C=Cc1cc(F)c(C(=O)OC)cc1[N+](=O)[O-]. The molecule has 5 nitrogen and oxygen atoms in total. The second-order valence-electron chi connectivity index (χ2n) is 2.84. The number of nitrogens with zero attached hydrogens (tertiary/aromatic N) is 1. The summed E-state index contributed by atoms with van der Waals surface area (Å²) in [6.45, 7) is 3.32.